The Bertz CT molecular complexity index is 242. The average Bonchev–Trinajstić information content (AvgIpc) is 2.47. The van der Waals surface area contributed by atoms with Crippen LogP contribution in [0.5, 0.6) is 0 Å². The van der Waals surface area contributed by atoms with Crippen molar-refractivity contribution in [1.29, 1.82) is 0 Å². The zero-order valence-corrected chi connectivity index (χ0v) is 12.7. The van der Waals surface area contributed by atoms with Crippen molar-refractivity contribution in [3.8, 4) is 0 Å². The van der Waals surface area contributed by atoms with Gasteiger partial charge in [-0.15, -0.1) is 0 Å². The molecule has 1 N–H and O–H groups in total. The molecule has 1 aliphatic rings. The van der Waals surface area contributed by atoms with Crippen LogP contribution in [0, 0.1) is 0 Å². The number of carbonyl (C=O) groups excluding carboxylic acids is 1. The highest BCUT2D eigenvalue weighted by Crippen LogP contribution is 2.06. The number of rotatable bonds is 11. The van der Waals surface area contributed by atoms with Crippen LogP contribution in [0.3, 0.4) is 0 Å². The third-order valence-electron chi connectivity index (χ3n) is 3.34. The fraction of sp³-hybridized carbons (Fsp3) is 0.933. The smallest absolute Gasteiger partial charge is 0.305 e. The predicted molar refractivity (Wildman–Crippen MR) is 77.8 cm³/mol. The van der Waals surface area contributed by atoms with Gasteiger partial charge >= 0.3 is 5.97 Å². The normalized spacial score (nSPS) is 16.2. The topological polar surface area (TPSA) is 56.8 Å². The van der Waals surface area contributed by atoms with E-state index in [1.807, 2.05) is 0 Å². The highest BCUT2D eigenvalue weighted by Gasteiger charge is 2.12. The number of nitrogens with one attached hydrogen (secondary N) is 1. The second-order valence-corrected chi connectivity index (χ2v) is 5.11. The lowest BCUT2D eigenvalue weighted by Gasteiger charge is -2.22. The van der Waals surface area contributed by atoms with Crippen molar-refractivity contribution in [2.45, 2.75) is 51.6 Å². The van der Waals surface area contributed by atoms with Crippen LogP contribution >= 0.6 is 0 Å². The fourth-order valence-corrected chi connectivity index (χ4v) is 2.14. The lowest BCUT2D eigenvalue weighted by Crippen LogP contribution is -2.33. The Morgan fingerprint density at radius 1 is 1.10 bits per heavy atom. The molecule has 20 heavy (non-hydrogen) atoms. The van der Waals surface area contributed by atoms with Crippen molar-refractivity contribution >= 4 is 5.97 Å². The lowest BCUT2D eigenvalue weighted by molar-refractivity contribution is -0.145. The molecule has 1 fully saturated rings. The summed E-state index contributed by atoms with van der Waals surface area (Å²) < 4.78 is 16.2. The van der Waals surface area contributed by atoms with E-state index in [2.05, 4.69) is 12.2 Å². The van der Waals surface area contributed by atoms with E-state index < -0.39 is 0 Å². The van der Waals surface area contributed by atoms with Crippen molar-refractivity contribution in [2.75, 3.05) is 39.5 Å². The van der Waals surface area contributed by atoms with Crippen LogP contribution in [0.4, 0.5) is 0 Å². The molecular formula is C15H29NO4. The van der Waals surface area contributed by atoms with Gasteiger partial charge in [0.1, 0.15) is 6.61 Å². The Hall–Kier alpha value is -0.650. The van der Waals surface area contributed by atoms with Gasteiger partial charge in [0.15, 0.2) is 0 Å². The molecule has 0 aromatic rings. The van der Waals surface area contributed by atoms with Gasteiger partial charge in [-0.05, 0) is 32.4 Å². The summed E-state index contributed by atoms with van der Waals surface area (Å²) in [6.45, 7) is 6.18. The molecule has 1 aliphatic heterocycles. The molecule has 0 saturated carbocycles. The molecule has 5 heteroatoms. The van der Waals surface area contributed by atoms with Crippen LogP contribution < -0.4 is 5.32 Å². The molecule has 0 bridgehead atoms. The summed E-state index contributed by atoms with van der Waals surface area (Å²) in [4.78, 5) is 11.3. The SMILES string of the molecule is CCCCCC(=O)OCCOCCOC1CCNCC1. The van der Waals surface area contributed by atoms with E-state index in [1.165, 1.54) is 0 Å². The Kier molecular flexibility index (Phi) is 10.5. The number of hydrogen-bond acceptors (Lipinski definition) is 5. The van der Waals surface area contributed by atoms with Crippen LogP contribution in [-0.4, -0.2) is 51.6 Å². The second kappa shape index (κ2) is 12.1. The van der Waals surface area contributed by atoms with Crippen molar-refractivity contribution < 1.29 is 19.0 Å². The van der Waals surface area contributed by atoms with Crippen LogP contribution in [0.15, 0.2) is 0 Å². The lowest BCUT2D eigenvalue weighted by atomic mass is 10.1. The van der Waals surface area contributed by atoms with E-state index in [9.17, 15) is 4.79 Å². The van der Waals surface area contributed by atoms with Crippen LogP contribution in [0.2, 0.25) is 0 Å². The van der Waals surface area contributed by atoms with Crippen LogP contribution in [0.25, 0.3) is 0 Å². The average molecular weight is 287 g/mol. The van der Waals surface area contributed by atoms with Gasteiger partial charge in [-0.1, -0.05) is 19.8 Å². The number of ether oxygens (including phenoxy) is 3. The summed E-state index contributed by atoms with van der Waals surface area (Å²) in [6, 6.07) is 0. The quantitative estimate of drug-likeness (QED) is 0.464. The molecule has 118 valence electrons. The molecule has 0 radical (unpaired) electrons. The first-order valence-corrected chi connectivity index (χ1v) is 7.88. The van der Waals surface area contributed by atoms with Crippen molar-refractivity contribution in [1.82, 2.24) is 5.32 Å². The van der Waals surface area contributed by atoms with Gasteiger partial charge in [-0.2, -0.15) is 0 Å². The molecule has 1 heterocycles. The first-order valence-electron chi connectivity index (χ1n) is 7.88. The molecule has 0 amide bonds. The number of unbranched alkanes of at least 4 members (excludes halogenated alkanes) is 2. The van der Waals surface area contributed by atoms with Crippen molar-refractivity contribution in [3.63, 3.8) is 0 Å². The number of carbonyl (C=O) groups is 1. The van der Waals surface area contributed by atoms with E-state index >= 15 is 0 Å². The summed E-state index contributed by atoms with van der Waals surface area (Å²) in [5, 5.41) is 3.30. The van der Waals surface area contributed by atoms with Crippen LogP contribution in [0.1, 0.15) is 45.4 Å². The first-order chi connectivity index (χ1) is 9.83. The van der Waals surface area contributed by atoms with Gasteiger partial charge < -0.3 is 19.5 Å². The third-order valence-corrected chi connectivity index (χ3v) is 3.34. The Balaban J connectivity index is 1.81. The summed E-state index contributed by atoms with van der Waals surface area (Å²) in [5.41, 5.74) is 0. The van der Waals surface area contributed by atoms with Gasteiger partial charge in [0.25, 0.3) is 0 Å². The van der Waals surface area contributed by atoms with E-state index in [0.717, 1.165) is 45.2 Å². The highest BCUT2D eigenvalue weighted by atomic mass is 16.6. The standard InChI is InChI=1S/C15H29NO4/c1-2-3-4-5-15(17)20-13-11-18-10-12-19-14-6-8-16-9-7-14/h14,16H,2-13H2,1H3. The van der Waals surface area contributed by atoms with Crippen LogP contribution in [-0.2, 0) is 19.0 Å². The monoisotopic (exact) mass is 287 g/mol. The Morgan fingerprint density at radius 2 is 1.85 bits per heavy atom. The maximum absolute atomic E-state index is 11.3. The van der Waals surface area contributed by atoms with Gasteiger partial charge in [0.05, 0.1) is 25.9 Å². The minimum atomic E-state index is -0.118. The van der Waals surface area contributed by atoms with E-state index in [1.54, 1.807) is 0 Å². The minimum Gasteiger partial charge on any atom is -0.463 e. The molecule has 5 nitrogen and oxygen atoms in total. The predicted octanol–water partition coefficient (Wildman–Crippen LogP) is 1.90. The molecule has 0 atom stereocenters. The Labute approximate surface area is 122 Å². The van der Waals surface area contributed by atoms with Crippen molar-refractivity contribution in [2.24, 2.45) is 0 Å². The molecule has 0 aromatic carbocycles. The molecule has 0 spiro atoms. The molecule has 0 aromatic heterocycles. The maximum atomic E-state index is 11.3. The fourth-order valence-electron chi connectivity index (χ4n) is 2.14. The van der Waals surface area contributed by atoms with E-state index in [4.69, 9.17) is 14.2 Å². The molecule has 0 unspecified atom stereocenters. The van der Waals surface area contributed by atoms with Gasteiger partial charge in [-0.25, -0.2) is 0 Å². The second-order valence-electron chi connectivity index (χ2n) is 5.11. The zero-order valence-electron chi connectivity index (χ0n) is 12.7. The zero-order chi connectivity index (χ0) is 14.5. The number of esters is 1. The first kappa shape index (κ1) is 17.4. The summed E-state index contributed by atoms with van der Waals surface area (Å²) >= 11 is 0. The third kappa shape index (κ3) is 9.28. The van der Waals surface area contributed by atoms with Gasteiger partial charge in [-0.3, -0.25) is 4.79 Å². The highest BCUT2D eigenvalue weighted by molar-refractivity contribution is 5.69. The molecule has 1 rings (SSSR count). The van der Waals surface area contributed by atoms with E-state index in [-0.39, 0.29) is 5.97 Å². The summed E-state index contributed by atoms with van der Waals surface area (Å²) in [7, 11) is 0. The number of piperidine rings is 1. The van der Waals surface area contributed by atoms with Gasteiger partial charge in [0, 0.05) is 6.42 Å². The number of hydrogen-bond donors (Lipinski definition) is 1. The molecular weight excluding hydrogens is 258 g/mol. The molecule has 1 saturated heterocycles. The summed E-state index contributed by atoms with van der Waals surface area (Å²) in [6.07, 6.45) is 6.17. The van der Waals surface area contributed by atoms with E-state index in [0.29, 0.717) is 39.0 Å². The van der Waals surface area contributed by atoms with Gasteiger partial charge in [0.2, 0.25) is 0 Å². The minimum absolute atomic E-state index is 0.118. The van der Waals surface area contributed by atoms with Crippen molar-refractivity contribution in [3.05, 3.63) is 0 Å². The maximum Gasteiger partial charge on any atom is 0.305 e. The molecule has 0 aliphatic carbocycles. The largest absolute Gasteiger partial charge is 0.463 e. The summed E-state index contributed by atoms with van der Waals surface area (Å²) in [5.74, 6) is -0.118. The Morgan fingerprint density at radius 3 is 2.60 bits per heavy atom.